The molecule has 9 heteroatoms. The average Bonchev–Trinajstić information content (AvgIpc) is 2.80. The van der Waals surface area contributed by atoms with Crippen molar-refractivity contribution in [1.82, 2.24) is 10.2 Å². The summed E-state index contributed by atoms with van der Waals surface area (Å²) in [5.74, 6) is -0.196. The van der Waals surface area contributed by atoms with Crippen LogP contribution in [0.1, 0.15) is 67.2 Å². The zero-order valence-corrected chi connectivity index (χ0v) is 21.7. The maximum atomic E-state index is 13.7. The third-order valence-corrected chi connectivity index (χ3v) is 7.57. The molecular formula is C24H41N2O6P. The number of benzene rings is 1. The van der Waals surface area contributed by atoms with Crippen molar-refractivity contribution in [3.05, 3.63) is 30.3 Å². The molecule has 1 rings (SSSR count). The van der Waals surface area contributed by atoms with Gasteiger partial charge in [0.05, 0.1) is 13.2 Å². The van der Waals surface area contributed by atoms with Crippen LogP contribution in [0.25, 0.3) is 0 Å². The lowest BCUT2D eigenvalue weighted by Gasteiger charge is -2.26. The van der Waals surface area contributed by atoms with Crippen LogP contribution in [0.15, 0.2) is 30.3 Å². The largest absolute Gasteiger partial charge is 0.464 e. The van der Waals surface area contributed by atoms with Gasteiger partial charge < -0.3 is 14.0 Å². The SMILES string of the molecule is CCC(CC)COC(=O)[C@H](C)NP(=O)(N[C@@H](C)C(=O)OCC(CC)CC)Oc1ccccc1. The molecule has 0 fully saturated rings. The van der Waals surface area contributed by atoms with Gasteiger partial charge in [0.2, 0.25) is 0 Å². The molecular weight excluding hydrogens is 443 g/mol. The fourth-order valence-electron chi connectivity index (χ4n) is 3.03. The van der Waals surface area contributed by atoms with E-state index < -0.39 is 31.7 Å². The number of carbonyl (C=O) groups is 2. The normalized spacial score (nSPS) is 13.6. The first kappa shape index (κ1) is 29.1. The number of ether oxygens (including phenoxy) is 2. The zero-order chi connectivity index (χ0) is 24.9. The van der Waals surface area contributed by atoms with E-state index in [9.17, 15) is 14.2 Å². The Hall–Kier alpha value is -1.89. The van der Waals surface area contributed by atoms with Crippen LogP contribution in [0.5, 0.6) is 5.75 Å². The highest BCUT2D eigenvalue weighted by Crippen LogP contribution is 2.40. The van der Waals surface area contributed by atoms with Crippen molar-refractivity contribution in [2.45, 2.75) is 79.3 Å². The number of carbonyl (C=O) groups excluding carboxylic acids is 2. The summed E-state index contributed by atoms with van der Waals surface area (Å²) in [6, 6.07) is 6.71. The Balaban J connectivity index is 2.88. The first-order valence-corrected chi connectivity index (χ1v) is 13.5. The van der Waals surface area contributed by atoms with Crippen molar-refractivity contribution in [1.29, 1.82) is 0 Å². The molecule has 1 aromatic carbocycles. The van der Waals surface area contributed by atoms with Gasteiger partial charge in [-0.2, -0.15) is 0 Å². The van der Waals surface area contributed by atoms with Crippen molar-refractivity contribution in [2.75, 3.05) is 13.2 Å². The van der Waals surface area contributed by atoms with Crippen molar-refractivity contribution in [3.8, 4) is 5.75 Å². The summed E-state index contributed by atoms with van der Waals surface area (Å²) in [6.45, 7) is 11.9. The summed E-state index contributed by atoms with van der Waals surface area (Å²) in [5.41, 5.74) is 0. The van der Waals surface area contributed by atoms with Gasteiger partial charge >= 0.3 is 19.6 Å². The maximum Gasteiger partial charge on any atom is 0.391 e. The molecule has 0 amide bonds. The second-order valence-corrected chi connectivity index (χ2v) is 10.1. The third kappa shape index (κ3) is 10.7. The lowest BCUT2D eigenvalue weighted by molar-refractivity contribution is -0.147. The first-order chi connectivity index (χ1) is 15.7. The van der Waals surface area contributed by atoms with Crippen LogP contribution < -0.4 is 14.7 Å². The van der Waals surface area contributed by atoms with Crippen LogP contribution in [0.2, 0.25) is 0 Å². The van der Waals surface area contributed by atoms with Crippen LogP contribution in [0.4, 0.5) is 0 Å². The van der Waals surface area contributed by atoms with E-state index in [1.54, 1.807) is 44.2 Å². The van der Waals surface area contributed by atoms with Gasteiger partial charge in [0.15, 0.2) is 0 Å². The van der Waals surface area contributed by atoms with Gasteiger partial charge in [0.25, 0.3) is 0 Å². The van der Waals surface area contributed by atoms with Crippen LogP contribution >= 0.6 is 7.67 Å². The molecule has 0 bridgehead atoms. The molecule has 0 heterocycles. The molecule has 0 saturated heterocycles. The summed E-state index contributed by atoms with van der Waals surface area (Å²) in [7, 11) is -3.89. The number of rotatable bonds is 16. The highest BCUT2D eigenvalue weighted by molar-refractivity contribution is 7.55. The van der Waals surface area contributed by atoms with E-state index in [4.69, 9.17) is 14.0 Å². The Kier molecular flexibility index (Phi) is 13.3. The van der Waals surface area contributed by atoms with Gasteiger partial charge in [-0.05, 0) is 37.8 Å². The summed E-state index contributed by atoms with van der Waals surface area (Å²) in [6.07, 6.45) is 3.61. The third-order valence-electron chi connectivity index (χ3n) is 5.64. The predicted octanol–water partition coefficient (Wildman–Crippen LogP) is 5.09. The molecule has 188 valence electrons. The smallest absolute Gasteiger partial charge is 0.391 e. The van der Waals surface area contributed by atoms with Gasteiger partial charge in [0, 0.05) is 0 Å². The number of nitrogens with one attached hydrogen (secondary N) is 2. The number of hydrogen-bond acceptors (Lipinski definition) is 6. The highest BCUT2D eigenvalue weighted by atomic mass is 31.2. The minimum atomic E-state index is -3.89. The monoisotopic (exact) mass is 484 g/mol. The van der Waals surface area contributed by atoms with E-state index in [0.29, 0.717) is 19.0 Å². The van der Waals surface area contributed by atoms with E-state index in [2.05, 4.69) is 10.2 Å². The zero-order valence-electron chi connectivity index (χ0n) is 20.8. The van der Waals surface area contributed by atoms with Crippen molar-refractivity contribution in [3.63, 3.8) is 0 Å². The van der Waals surface area contributed by atoms with Crippen molar-refractivity contribution >= 4 is 19.6 Å². The lowest BCUT2D eigenvalue weighted by atomic mass is 10.1. The molecule has 8 nitrogen and oxygen atoms in total. The van der Waals surface area contributed by atoms with Crippen LogP contribution in [0.3, 0.4) is 0 Å². The second kappa shape index (κ2) is 15.1. The molecule has 0 unspecified atom stereocenters. The van der Waals surface area contributed by atoms with Crippen LogP contribution in [-0.2, 0) is 23.6 Å². The summed E-state index contributed by atoms with van der Waals surface area (Å²) < 4.78 is 30.1. The summed E-state index contributed by atoms with van der Waals surface area (Å²) in [5, 5.41) is 5.43. The fraction of sp³-hybridized carbons (Fsp3) is 0.667. The van der Waals surface area contributed by atoms with Gasteiger partial charge in [0.1, 0.15) is 17.8 Å². The van der Waals surface area contributed by atoms with E-state index in [1.807, 2.05) is 27.7 Å². The van der Waals surface area contributed by atoms with Crippen molar-refractivity contribution in [2.24, 2.45) is 11.8 Å². The molecule has 33 heavy (non-hydrogen) atoms. The topological polar surface area (TPSA) is 103 Å². The minimum absolute atomic E-state index is 0.275. The predicted molar refractivity (Wildman–Crippen MR) is 130 cm³/mol. The fourth-order valence-corrected chi connectivity index (χ4v) is 4.86. The van der Waals surface area contributed by atoms with Gasteiger partial charge in [-0.3, -0.25) is 9.59 Å². The molecule has 2 N–H and O–H groups in total. The summed E-state index contributed by atoms with van der Waals surface area (Å²) in [4.78, 5) is 25.0. The number of esters is 2. The molecule has 0 aromatic heterocycles. The maximum absolute atomic E-state index is 13.7. The Morgan fingerprint density at radius 3 is 1.55 bits per heavy atom. The van der Waals surface area contributed by atoms with Gasteiger partial charge in [-0.15, -0.1) is 0 Å². The standard InChI is InChI=1S/C24H41N2O6P/c1-7-20(8-2)16-30-23(27)18(5)25-33(29,32-22-14-12-11-13-15-22)26-19(6)24(28)31-17-21(9-3)10-4/h11-15,18-21H,7-10,16-17H2,1-6H3,(H2,25,26,29)/t18-,19-/m0/s1. The summed E-state index contributed by atoms with van der Waals surface area (Å²) >= 11 is 0. The Morgan fingerprint density at radius 1 is 0.788 bits per heavy atom. The van der Waals surface area contributed by atoms with Crippen LogP contribution in [0, 0.1) is 11.8 Å². The molecule has 0 radical (unpaired) electrons. The number of para-hydroxylation sites is 1. The molecule has 0 aliphatic rings. The Labute approximate surface area is 198 Å². The number of hydrogen-bond donors (Lipinski definition) is 2. The Bertz CT molecular complexity index is 713. The highest BCUT2D eigenvalue weighted by Gasteiger charge is 2.34. The lowest BCUT2D eigenvalue weighted by Crippen LogP contribution is -2.43. The molecule has 0 aliphatic carbocycles. The molecule has 0 aliphatic heterocycles. The molecule has 1 aromatic rings. The second-order valence-electron chi connectivity index (χ2n) is 8.28. The molecule has 0 spiro atoms. The quantitative estimate of drug-likeness (QED) is 0.247. The van der Waals surface area contributed by atoms with Crippen LogP contribution in [-0.4, -0.2) is 37.2 Å². The van der Waals surface area contributed by atoms with E-state index in [1.165, 1.54) is 0 Å². The first-order valence-electron chi connectivity index (χ1n) is 11.9. The van der Waals surface area contributed by atoms with Gasteiger partial charge in [-0.1, -0.05) is 71.6 Å². The molecule has 2 atom stereocenters. The Morgan fingerprint density at radius 2 is 1.18 bits per heavy atom. The van der Waals surface area contributed by atoms with E-state index >= 15 is 0 Å². The minimum Gasteiger partial charge on any atom is -0.464 e. The van der Waals surface area contributed by atoms with E-state index in [0.717, 1.165) is 25.7 Å². The molecule has 0 saturated carbocycles. The van der Waals surface area contributed by atoms with Gasteiger partial charge in [-0.25, -0.2) is 14.7 Å². The van der Waals surface area contributed by atoms with E-state index in [-0.39, 0.29) is 11.8 Å². The van der Waals surface area contributed by atoms with Crippen molar-refractivity contribution < 1.29 is 28.2 Å². The average molecular weight is 485 g/mol.